The van der Waals surface area contributed by atoms with Gasteiger partial charge in [-0.25, -0.2) is 4.98 Å². The molecule has 0 fully saturated rings. The molecule has 3 aromatic rings. The summed E-state index contributed by atoms with van der Waals surface area (Å²) in [4.78, 5) is 32.1. The summed E-state index contributed by atoms with van der Waals surface area (Å²) in [6.07, 6.45) is 1.78. The van der Waals surface area contributed by atoms with Crippen LogP contribution in [0.15, 0.2) is 34.9 Å². The topological polar surface area (TPSA) is 112 Å². The minimum Gasteiger partial charge on any atom is -0.466 e. The SMILES string of the molecule is CCOC(=O)Cc1csc(NC(=O)CSc2nnc(-c3ccccn3)n2C)n1. The molecule has 0 saturated carbocycles. The fourth-order valence-electron chi connectivity index (χ4n) is 2.25. The van der Waals surface area contributed by atoms with Crippen molar-refractivity contribution in [3.8, 4) is 11.5 Å². The van der Waals surface area contributed by atoms with Gasteiger partial charge in [0.2, 0.25) is 5.91 Å². The standard InChI is InChI=1S/C17H18N6O3S2/c1-3-26-14(25)8-11-9-27-16(19-11)20-13(24)10-28-17-22-21-15(23(17)2)12-6-4-5-7-18-12/h4-7,9H,3,8,10H2,1-2H3,(H,19,20,24). The molecule has 3 heterocycles. The number of carbonyl (C=O) groups excluding carboxylic acids is 2. The summed E-state index contributed by atoms with van der Waals surface area (Å²) in [7, 11) is 1.83. The van der Waals surface area contributed by atoms with Crippen LogP contribution in [-0.4, -0.2) is 49.0 Å². The highest BCUT2D eigenvalue weighted by Gasteiger charge is 2.15. The number of ether oxygens (including phenoxy) is 1. The average molecular weight is 419 g/mol. The van der Waals surface area contributed by atoms with Crippen LogP contribution in [0.25, 0.3) is 11.5 Å². The fourth-order valence-corrected chi connectivity index (χ4v) is 3.69. The van der Waals surface area contributed by atoms with Gasteiger partial charge in [-0.15, -0.1) is 21.5 Å². The molecule has 9 nitrogen and oxygen atoms in total. The Morgan fingerprint density at radius 2 is 2.18 bits per heavy atom. The second-order valence-corrected chi connectivity index (χ2v) is 7.34. The second-order valence-electron chi connectivity index (χ2n) is 5.54. The maximum atomic E-state index is 12.2. The Kier molecular flexibility index (Phi) is 6.71. The number of anilines is 1. The molecular weight excluding hydrogens is 400 g/mol. The first-order chi connectivity index (χ1) is 13.6. The van der Waals surface area contributed by atoms with Crippen molar-refractivity contribution < 1.29 is 14.3 Å². The lowest BCUT2D eigenvalue weighted by Crippen LogP contribution is -2.14. The van der Waals surface area contributed by atoms with E-state index in [0.29, 0.717) is 34.1 Å². The van der Waals surface area contributed by atoms with Crippen molar-refractivity contribution >= 4 is 40.1 Å². The number of nitrogens with one attached hydrogen (secondary N) is 1. The minimum absolute atomic E-state index is 0.0875. The molecule has 0 atom stereocenters. The number of aromatic nitrogens is 5. The maximum Gasteiger partial charge on any atom is 0.311 e. The van der Waals surface area contributed by atoms with Crippen molar-refractivity contribution in [2.75, 3.05) is 17.7 Å². The number of thiazole rings is 1. The minimum atomic E-state index is -0.341. The van der Waals surface area contributed by atoms with Crippen LogP contribution in [0.3, 0.4) is 0 Å². The third-order valence-corrected chi connectivity index (χ3v) is 5.32. The fraction of sp³-hybridized carbons (Fsp3) is 0.294. The van der Waals surface area contributed by atoms with E-state index in [-0.39, 0.29) is 24.1 Å². The lowest BCUT2D eigenvalue weighted by Gasteiger charge is -2.03. The van der Waals surface area contributed by atoms with E-state index in [1.165, 1.54) is 23.1 Å². The Morgan fingerprint density at radius 1 is 1.32 bits per heavy atom. The molecule has 0 spiro atoms. The number of esters is 1. The van der Waals surface area contributed by atoms with Gasteiger partial charge in [-0.05, 0) is 19.1 Å². The van der Waals surface area contributed by atoms with Gasteiger partial charge in [0, 0.05) is 18.6 Å². The zero-order valence-electron chi connectivity index (χ0n) is 15.3. The molecule has 0 aromatic carbocycles. The molecule has 0 saturated heterocycles. The van der Waals surface area contributed by atoms with Crippen LogP contribution in [0, 0.1) is 0 Å². The number of hydrogen-bond donors (Lipinski definition) is 1. The number of hydrogen-bond acceptors (Lipinski definition) is 9. The smallest absolute Gasteiger partial charge is 0.311 e. The number of thioether (sulfide) groups is 1. The lowest BCUT2D eigenvalue weighted by molar-refractivity contribution is -0.142. The molecule has 3 rings (SSSR count). The molecule has 1 amide bonds. The molecule has 3 aromatic heterocycles. The summed E-state index contributed by atoms with van der Waals surface area (Å²) >= 11 is 2.53. The zero-order chi connectivity index (χ0) is 19.9. The van der Waals surface area contributed by atoms with E-state index in [4.69, 9.17) is 4.74 Å². The Bertz CT molecular complexity index is 957. The van der Waals surface area contributed by atoms with Crippen molar-refractivity contribution in [3.05, 3.63) is 35.5 Å². The van der Waals surface area contributed by atoms with Crippen LogP contribution < -0.4 is 5.32 Å². The van der Waals surface area contributed by atoms with E-state index < -0.39 is 0 Å². The van der Waals surface area contributed by atoms with Crippen molar-refractivity contribution in [1.82, 2.24) is 24.7 Å². The molecule has 146 valence electrons. The monoisotopic (exact) mass is 418 g/mol. The predicted octanol–water partition coefficient (Wildman–Crippen LogP) is 2.17. The number of pyridine rings is 1. The van der Waals surface area contributed by atoms with Crippen molar-refractivity contribution in [2.24, 2.45) is 7.05 Å². The molecule has 0 aliphatic rings. The highest BCUT2D eigenvalue weighted by molar-refractivity contribution is 7.99. The normalized spacial score (nSPS) is 10.6. The van der Waals surface area contributed by atoms with Gasteiger partial charge in [-0.3, -0.25) is 14.6 Å². The van der Waals surface area contributed by atoms with Crippen LogP contribution in [0.4, 0.5) is 5.13 Å². The number of carbonyl (C=O) groups is 2. The molecule has 0 bridgehead atoms. The molecular formula is C17H18N6O3S2. The van der Waals surface area contributed by atoms with E-state index >= 15 is 0 Å². The number of rotatable bonds is 8. The van der Waals surface area contributed by atoms with Crippen molar-refractivity contribution in [3.63, 3.8) is 0 Å². The lowest BCUT2D eigenvalue weighted by atomic mass is 10.3. The Labute approximate surface area is 169 Å². The van der Waals surface area contributed by atoms with Crippen LogP contribution in [0.1, 0.15) is 12.6 Å². The average Bonchev–Trinajstić information content (AvgIpc) is 3.27. The summed E-state index contributed by atoms with van der Waals surface area (Å²) in [5.41, 5.74) is 1.28. The summed E-state index contributed by atoms with van der Waals surface area (Å²) in [5, 5.41) is 13.8. The summed E-state index contributed by atoms with van der Waals surface area (Å²) in [5.74, 6) is 0.227. The quantitative estimate of drug-likeness (QED) is 0.438. The summed E-state index contributed by atoms with van der Waals surface area (Å²) < 4.78 is 6.68. The van der Waals surface area contributed by atoms with E-state index in [2.05, 4.69) is 25.5 Å². The second kappa shape index (κ2) is 9.42. The molecule has 0 aliphatic carbocycles. The van der Waals surface area contributed by atoms with Crippen LogP contribution in [0.2, 0.25) is 0 Å². The van der Waals surface area contributed by atoms with Crippen molar-refractivity contribution in [1.29, 1.82) is 0 Å². The largest absolute Gasteiger partial charge is 0.466 e. The van der Waals surface area contributed by atoms with E-state index in [1.807, 2.05) is 25.2 Å². The number of nitrogens with zero attached hydrogens (tertiary/aromatic N) is 5. The Balaban J connectivity index is 1.53. The van der Waals surface area contributed by atoms with Gasteiger partial charge in [0.15, 0.2) is 16.1 Å². The molecule has 1 N–H and O–H groups in total. The van der Waals surface area contributed by atoms with Crippen molar-refractivity contribution in [2.45, 2.75) is 18.5 Å². The van der Waals surface area contributed by atoms with Gasteiger partial charge in [0.1, 0.15) is 5.69 Å². The Morgan fingerprint density at radius 3 is 2.93 bits per heavy atom. The molecule has 11 heteroatoms. The first-order valence-electron chi connectivity index (χ1n) is 8.40. The van der Waals surface area contributed by atoms with Gasteiger partial charge in [-0.1, -0.05) is 17.8 Å². The van der Waals surface area contributed by atoms with E-state index in [9.17, 15) is 9.59 Å². The zero-order valence-corrected chi connectivity index (χ0v) is 16.9. The van der Waals surface area contributed by atoms with Crippen LogP contribution in [-0.2, 0) is 27.8 Å². The molecule has 0 unspecified atom stereocenters. The molecule has 28 heavy (non-hydrogen) atoms. The maximum absolute atomic E-state index is 12.2. The van der Waals surface area contributed by atoms with Gasteiger partial charge >= 0.3 is 5.97 Å². The van der Waals surface area contributed by atoms with E-state index in [0.717, 1.165) is 0 Å². The van der Waals surface area contributed by atoms with Gasteiger partial charge < -0.3 is 14.6 Å². The summed E-state index contributed by atoms with van der Waals surface area (Å²) in [6.45, 7) is 2.08. The van der Waals surface area contributed by atoms with Crippen LogP contribution in [0.5, 0.6) is 0 Å². The third-order valence-electron chi connectivity index (χ3n) is 3.49. The molecule has 0 aliphatic heterocycles. The van der Waals surface area contributed by atoms with Crippen LogP contribution >= 0.6 is 23.1 Å². The van der Waals surface area contributed by atoms with Gasteiger partial charge in [0.25, 0.3) is 0 Å². The highest BCUT2D eigenvalue weighted by Crippen LogP contribution is 2.22. The predicted molar refractivity (Wildman–Crippen MR) is 106 cm³/mol. The number of amides is 1. The highest BCUT2D eigenvalue weighted by atomic mass is 32.2. The first kappa shape index (κ1) is 20.0. The van der Waals surface area contributed by atoms with Gasteiger partial charge in [0.05, 0.1) is 24.5 Å². The molecule has 0 radical (unpaired) electrons. The van der Waals surface area contributed by atoms with Gasteiger partial charge in [-0.2, -0.15) is 0 Å². The van der Waals surface area contributed by atoms with E-state index in [1.54, 1.807) is 23.1 Å². The first-order valence-corrected chi connectivity index (χ1v) is 10.3. The summed E-state index contributed by atoms with van der Waals surface area (Å²) in [6, 6.07) is 5.56. The Hall–Kier alpha value is -2.79. The third kappa shape index (κ3) is 5.14.